The number of ether oxygens (including phenoxy) is 1. The standard InChI is InChI=1S/C12H10BrN3OS/c1-2-17-10-6-3-7-11(15-10)16-12(14-7)8-4-5-9(13)18-8/h3-6H,2H2,1H3,(H,14,15,16). The maximum atomic E-state index is 5.36. The van der Waals surface area contributed by atoms with Crippen molar-refractivity contribution in [3.05, 3.63) is 28.1 Å². The Morgan fingerprint density at radius 1 is 1.28 bits per heavy atom. The second-order valence-electron chi connectivity index (χ2n) is 3.64. The van der Waals surface area contributed by atoms with Crippen LogP contribution >= 0.6 is 27.3 Å². The monoisotopic (exact) mass is 323 g/mol. The molecule has 6 heteroatoms. The average molecular weight is 324 g/mol. The van der Waals surface area contributed by atoms with E-state index in [1.165, 1.54) is 0 Å². The summed E-state index contributed by atoms with van der Waals surface area (Å²) in [5.41, 5.74) is 1.60. The first-order valence-electron chi connectivity index (χ1n) is 5.51. The Bertz CT molecular complexity index is 692. The predicted octanol–water partition coefficient (Wildman–Crippen LogP) is 3.85. The first kappa shape index (κ1) is 11.7. The third kappa shape index (κ3) is 2.13. The van der Waals surface area contributed by atoms with Crippen molar-refractivity contribution in [2.24, 2.45) is 0 Å². The lowest BCUT2D eigenvalue weighted by Crippen LogP contribution is -1.93. The topological polar surface area (TPSA) is 50.8 Å². The van der Waals surface area contributed by atoms with E-state index >= 15 is 0 Å². The zero-order chi connectivity index (χ0) is 12.5. The fourth-order valence-electron chi connectivity index (χ4n) is 1.66. The molecule has 1 N–H and O–H groups in total. The summed E-state index contributed by atoms with van der Waals surface area (Å²) in [4.78, 5) is 13.2. The van der Waals surface area contributed by atoms with Crippen LogP contribution < -0.4 is 4.74 Å². The van der Waals surface area contributed by atoms with E-state index in [1.54, 1.807) is 11.3 Å². The van der Waals surface area contributed by atoms with Gasteiger partial charge in [0, 0.05) is 6.07 Å². The molecular formula is C12H10BrN3OS. The third-order valence-electron chi connectivity index (χ3n) is 2.42. The van der Waals surface area contributed by atoms with Gasteiger partial charge >= 0.3 is 0 Å². The number of hydrogen-bond acceptors (Lipinski definition) is 4. The van der Waals surface area contributed by atoms with Crippen molar-refractivity contribution >= 4 is 38.4 Å². The van der Waals surface area contributed by atoms with Crippen molar-refractivity contribution in [3.63, 3.8) is 0 Å². The van der Waals surface area contributed by atoms with Gasteiger partial charge in [-0.3, -0.25) is 0 Å². The van der Waals surface area contributed by atoms with Crippen molar-refractivity contribution in [3.8, 4) is 16.6 Å². The number of fused-ring (bicyclic) bond motifs is 1. The van der Waals surface area contributed by atoms with E-state index in [0.717, 1.165) is 20.0 Å². The van der Waals surface area contributed by atoms with E-state index in [9.17, 15) is 0 Å². The number of aromatic nitrogens is 3. The molecule has 0 bridgehead atoms. The number of nitrogens with one attached hydrogen (secondary N) is 1. The summed E-state index contributed by atoms with van der Waals surface area (Å²) in [5.74, 6) is 1.44. The predicted molar refractivity (Wildman–Crippen MR) is 76.1 cm³/mol. The molecule has 0 aliphatic carbocycles. The Balaban J connectivity index is 2.05. The lowest BCUT2D eigenvalue weighted by molar-refractivity contribution is 0.328. The van der Waals surface area contributed by atoms with Gasteiger partial charge in [-0.1, -0.05) is 0 Å². The van der Waals surface area contributed by atoms with E-state index in [2.05, 4.69) is 30.9 Å². The van der Waals surface area contributed by atoms with Crippen LogP contribution in [0.1, 0.15) is 6.92 Å². The maximum absolute atomic E-state index is 5.36. The minimum Gasteiger partial charge on any atom is -0.478 e. The molecule has 0 saturated carbocycles. The van der Waals surface area contributed by atoms with Gasteiger partial charge in [0.1, 0.15) is 0 Å². The number of imidazole rings is 1. The lowest BCUT2D eigenvalue weighted by atomic mass is 10.4. The molecule has 18 heavy (non-hydrogen) atoms. The van der Waals surface area contributed by atoms with Gasteiger partial charge in [0.05, 0.1) is 20.8 Å². The number of pyridine rings is 1. The molecule has 0 aromatic carbocycles. The number of rotatable bonds is 3. The first-order valence-corrected chi connectivity index (χ1v) is 7.12. The summed E-state index contributed by atoms with van der Waals surface area (Å²) in [6.45, 7) is 2.54. The lowest BCUT2D eigenvalue weighted by Gasteiger charge is -1.99. The molecule has 92 valence electrons. The summed E-state index contributed by atoms with van der Waals surface area (Å²) in [7, 11) is 0. The van der Waals surface area contributed by atoms with Crippen molar-refractivity contribution in [1.29, 1.82) is 0 Å². The molecular weight excluding hydrogens is 314 g/mol. The van der Waals surface area contributed by atoms with Gasteiger partial charge in [-0.15, -0.1) is 11.3 Å². The smallest absolute Gasteiger partial charge is 0.215 e. The molecule has 0 unspecified atom stereocenters. The van der Waals surface area contributed by atoms with E-state index < -0.39 is 0 Å². The van der Waals surface area contributed by atoms with Crippen LogP contribution in [0.5, 0.6) is 5.88 Å². The zero-order valence-electron chi connectivity index (χ0n) is 9.61. The van der Waals surface area contributed by atoms with Crippen molar-refractivity contribution < 1.29 is 4.74 Å². The molecule has 3 rings (SSSR count). The van der Waals surface area contributed by atoms with Crippen molar-refractivity contribution in [2.75, 3.05) is 6.61 Å². The Hall–Kier alpha value is -1.40. The molecule has 0 aliphatic heterocycles. The zero-order valence-corrected chi connectivity index (χ0v) is 12.0. The summed E-state index contributed by atoms with van der Waals surface area (Å²) < 4.78 is 6.45. The van der Waals surface area contributed by atoms with Gasteiger partial charge in [-0.2, -0.15) is 4.98 Å². The van der Waals surface area contributed by atoms with E-state index in [1.807, 2.05) is 31.2 Å². The van der Waals surface area contributed by atoms with E-state index in [0.29, 0.717) is 18.1 Å². The minimum absolute atomic E-state index is 0.605. The molecule has 3 heterocycles. The van der Waals surface area contributed by atoms with Crippen LogP contribution in [0.25, 0.3) is 21.9 Å². The van der Waals surface area contributed by atoms with Crippen LogP contribution in [-0.2, 0) is 0 Å². The Morgan fingerprint density at radius 2 is 2.17 bits per heavy atom. The molecule has 0 saturated heterocycles. The molecule has 3 aromatic heterocycles. The Labute approximate surface area is 116 Å². The Kier molecular flexibility index (Phi) is 3.05. The molecule has 3 aromatic rings. The quantitative estimate of drug-likeness (QED) is 0.796. The summed E-state index contributed by atoms with van der Waals surface area (Å²) >= 11 is 5.08. The normalized spacial score (nSPS) is 11.0. The van der Waals surface area contributed by atoms with Gasteiger partial charge in [-0.25, -0.2) is 4.98 Å². The highest BCUT2D eigenvalue weighted by Gasteiger charge is 2.09. The Morgan fingerprint density at radius 3 is 2.89 bits per heavy atom. The van der Waals surface area contributed by atoms with Gasteiger partial charge in [-0.05, 0) is 41.1 Å². The van der Waals surface area contributed by atoms with Gasteiger partial charge < -0.3 is 9.72 Å². The molecule has 0 amide bonds. The highest BCUT2D eigenvalue weighted by atomic mass is 79.9. The SMILES string of the molecule is CCOc1ccc2[nH]c(-c3ccc(Br)s3)nc2n1. The number of H-pyrrole nitrogens is 1. The number of thiophene rings is 1. The minimum atomic E-state index is 0.605. The molecule has 0 aliphatic rings. The van der Waals surface area contributed by atoms with E-state index in [-0.39, 0.29) is 0 Å². The van der Waals surface area contributed by atoms with Crippen LogP contribution in [0.3, 0.4) is 0 Å². The second kappa shape index (κ2) is 4.70. The van der Waals surface area contributed by atoms with Crippen LogP contribution in [0.2, 0.25) is 0 Å². The number of nitrogens with zero attached hydrogens (tertiary/aromatic N) is 2. The highest BCUT2D eigenvalue weighted by molar-refractivity contribution is 9.11. The maximum Gasteiger partial charge on any atom is 0.215 e. The van der Waals surface area contributed by atoms with Crippen molar-refractivity contribution in [2.45, 2.75) is 6.92 Å². The summed E-state index contributed by atoms with van der Waals surface area (Å²) in [6.07, 6.45) is 0. The van der Waals surface area contributed by atoms with E-state index in [4.69, 9.17) is 4.74 Å². The van der Waals surface area contributed by atoms with Gasteiger partial charge in [0.2, 0.25) is 5.88 Å². The highest BCUT2D eigenvalue weighted by Crippen LogP contribution is 2.30. The third-order valence-corrected chi connectivity index (χ3v) is 4.05. The number of hydrogen-bond donors (Lipinski definition) is 1. The van der Waals surface area contributed by atoms with Crippen LogP contribution in [0, 0.1) is 0 Å². The molecule has 0 radical (unpaired) electrons. The fraction of sp³-hybridized carbons (Fsp3) is 0.167. The molecule has 4 nitrogen and oxygen atoms in total. The molecule has 0 fully saturated rings. The van der Waals surface area contributed by atoms with Crippen LogP contribution in [0.15, 0.2) is 28.1 Å². The summed E-state index contributed by atoms with van der Waals surface area (Å²) in [6, 6.07) is 7.81. The van der Waals surface area contributed by atoms with Gasteiger partial charge in [0.25, 0.3) is 0 Å². The fourth-order valence-corrected chi connectivity index (χ4v) is 2.99. The van der Waals surface area contributed by atoms with Crippen LogP contribution in [0.4, 0.5) is 0 Å². The largest absolute Gasteiger partial charge is 0.478 e. The second-order valence-corrected chi connectivity index (χ2v) is 6.11. The molecule has 0 spiro atoms. The molecule has 0 atom stereocenters. The summed E-state index contributed by atoms with van der Waals surface area (Å²) in [5, 5.41) is 0. The number of halogens is 1. The number of aromatic amines is 1. The van der Waals surface area contributed by atoms with Crippen molar-refractivity contribution in [1.82, 2.24) is 15.0 Å². The van der Waals surface area contributed by atoms with Crippen LogP contribution in [-0.4, -0.2) is 21.6 Å². The van der Waals surface area contributed by atoms with Gasteiger partial charge in [0.15, 0.2) is 11.5 Å². The first-order chi connectivity index (χ1) is 8.76. The average Bonchev–Trinajstić information content (AvgIpc) is 2.94.